The zero-order valence-electron chi connectivity index (χ0n) is 10.5. The number of likely N-dealkylation sites (tertiary alicyclic amines) is 1. The molecule has 0 spiro atoms. The quantitative estimate of drug-likeness (QED) is 0.829. The van der Waals surface area contributed by atoms with Gasteiger partial charge in [-0.15, -0.1) is 0 Å². The van der Waals surface area contributed by atoms with Crippen molar-refractivity contribution in [1.82, 2.24) is 4.90 Å². The Kier molecular flexibility index (Phi) is 4.36. The predicted molar refractivity (Wildman–Crippen MR) is 65.1 cm³/mol. The van der Waals surface area contributed by atoms with E-state index in [9.17, 15) is 8.78 Å². The average molecular weight is 246 g/mol. The van der Waals surface area contributed by atoms with Gasteiger partial charge in [-0.1, -0.05) is 0 Å². The minimum atomic E-state index is -2.40. The fourth-order valence-corrected chi connectivity index (χ4v) is 3.20. The number of rotatable bonds is 3. The number of alkyl halides is 2. The topological polar surface area (TPSA) is 29.3 Å². The van der Waals surface area contributed by atoms with Crippen LogP contribution in [0.5, 0.6) is 0 Å². The lowest BCUT2D eigenvalue weighted by Gasteiger charge is -2.36. The van der Waals surface area contributed by atoms with Crippen LogP contribution in [0.25, 0.3) is 0 Å². The van der Waals surface area contributed by atoms with Gasteiger partial charge in [0.25, 0.3) is 0 Å². The minimum Gasteiger partial charge on any atom is -0.330 e. The number of hydrogen-bond acceptors (Lipinski definition) is 2. The van der Waals surface area contributed by atoms with Gasteiger partial charge >= 0.3 is 0 Å². The van der Waals surface area contributed by atoms with E-state index in [4.69, 9.17) is 5.73 Å². The fraction of sp³-hybridized carbons (Fsp3) is 1.00. The summed E-state index contributed by atoms with van der Waals surface area (Å²) >= 11 is 0. The molecule has 1 saturated heterocycles. The lowest BCUT2D eigenvalue weighted by atomic mass is 9.85. The lowest BCUT2D eigenvalue weighted by molar-refractivity contribution is -0.0579. The van der Waals surface area contributed by atoms with Crippen molar-refractivity contribution in [2.45, 2.75) is 44.4 Å². The van der Waals surface area contributed by atoms with Crippen molar-refractivity contribution in [3.05, 3.63) is 0 Å². The van der Waals surface area contributed by atoms with E-state index < -0.39 is 5.92 Å². The van der Waals surface area contributed by atoms with Crippen LogP contribution in [-0.2, 0) is 0 Å². The predicted octanol–water partition coefficient (Wildman–Crippen LogP) is 2.48. The molecular weight excluding hydrogens is 222 g/mol. The summed E-state index contributed by atoms with van der Waals surface area (Å²) < 4.78 is 26.6. The van der Waals surface area contributed by atoms with E-state index >= 15 is 0 Å². The molecule has 2 aliphatic rings. The summed E-state index contributed by atoms with van der Waals surface area (Å²) in [5.74, 6) is -1.55. The molecule has 0 radical (unpaired) electrons. The van der Waals surface area contributed by atoms with Crippen LogP contribution in [0.1, 0.15) is 38.5 Å². The second kappa shape index (κ2) is 5.61. The SMILES string of the molecule is NCC1CCN(CC2CCCC(F)(F)C2)CC1. The molecule has 1 aliphatic carbocycles. The van der Waals surface area contributed by atoms with Crippen LogP contribution in [-0.4, -0.2) is 37.0 Å². The standard InChI is InChI=1S/C13H24F2N2/c14-13(15)5-1-2-12(8-13)10-17-6-3-11(9-16)4-7-17/h11-12H,1-10,16H2. The largest absolute Gasteiger partial charge is 0.330 e. The first-order valence-electron chi connectivity index (χ1n) is 6.89. The van der Waals surface area contributed by atoms with Crippen molar-refractivity contribution < 1.29 is 8.78 Å². The summed E-state index contributed by atoms with van der Waals surface area (Å²) in [6.45, 7) is 3.73. The third kappa shape index (κ3) is 3.88. The smallest absolute Gasteiger partial charge is 0.248 e. The molecule has 2 fully saturated rings. The molecule has 2 nitrogen and oxygen atoms in total. The van der Waals surface area contributed by atoms with Crippen LogP contribution < -0.4 is 5.73 Å². The Bertz CT molecular complexity index is 238. The fourth-order valence-electron chi connectivity index (χ4n) is 3.20. The van der Waals surface area contributed by atoms with Crippen LogP contribution in [0.3, 0.4) is 0 Å². The van der Waals surface area contributed by atoms with Crippen molar-refractivity contribution >= 4 is 0 Å². The van der Waals surface area contributed by atoms with Gasteiger partial charge in [0.05, 0.1) is 0 Å². The first-order chi connectivity index (χ1) is 8.09. The first-order valence-corrected chi connectivity index (χ1v) is 6.89. The highest BCUT2D eigenvalue weighted by Gasteiger charge is 2.36. The van der Waals surface area contributed by atoms with E-state index in [1.54, 1.807) is 0 Å². The molecule has 4 heteroatoms. The van der Waals surface area contributed by atoms with Crippen molar-refractivity contribution in [1.29, 1.82) is 0 Å². The summed E-state index contributed by atoms with van der Waals surface area (Å²) in [6.07, 6.45) is 4.14. The van der Waals surface area contributed by atoms with Gasteiger partial charge in [0.2, 0.25) is 5.92 Å². The molecule has 1 aliphatic heterocycles. The van der Waals surface area contributed by atoms with E-state index in [2.05, 4.69) is 4.90 Å². The highest BCUT2D eigenvalue weighted by Crippen LogP contribution is 2.37. The second-order valence-electron chi connectivity index (χ2n) is 5.80. The van der Waals surface area contributed by atoms with Gasteiger partial charge < -0.3 is 10.6 Å². The Morgan fingerprint density at radius 1 is 1.12 bits per heavy atom. The summed E-state index contributed by atoms with van der Waals surface area (Å²) in [5.41, 5.74) is 5.65. The number of nitrogens with zero attached hydrogens (tertiary/aromatic N) is 1. The number of hydrogen-bond donors (Lipinski definition) is 1. The van der Waals surface area contributed by atoms with Gasteiger partial charge in [-0.05, 0) is 57.2 Å². The van der Waals surface area contributed by atoms with Crippen molar-refractivity contribution in [3.63, 3.8) is 0 Å². The minimum absolute atomic E-state index is 0.0960. The maximum atomic E-state index is 13.3. The monoisotopic (exact) mass is 246 g/mol. The average Bonchev–Trinajstić information content (AvgIpc) is 2.29. The molecule has 0 amide bonds. The molecular formula is C13H24F2N2. The first kappa shape index (κ1) is 13.2. The molecule has 0 aromatic rings. The second-order valence-corrected chi connectivity index (χ2v) is 5.80. The van der Waals surface area contributed by atoms with Gasteiger partial charge in [-0.2, -0.15) is 0 Å². The molecule has 0 aromatic carbocycles. The molecule has 0 bridgehead atoms. The Hall–Kier alpha value is -0.220. The zero-order chi connectivity index (χ0) is 12.3. The van der Waals surface area contributed by atoms with Crippen LogP contribution in [0, 0.1) is 11.8 Å². The summed E-state index contributed by atoms with van der Waals surface area (Å²) in [4.78, 5) is 2.36. The Balaban J connectivity index is 1.74. The Labute approximate surface area is 103 Å². The van der Waals surface area contributed by atoms with E-state index in [0.717, 1.165) is 45.4 Å². The van der Waals surface area contributed by atoms with Crippen LogP contribution in [0.2, 0.25) is 0 Å². The molecule has 1 saturated carbocycles. The van der Waals surface area contributed by atoms with Crippen molar-refractivity contribution in [2.24, 2.45) is 17.6 Å². The lowest BCUT2D eigenvalue weighted by Crippen LogP contribution is -2.41. The van der Waals surface area contributed by atoms with Gasteiger partial charge in [0, 0.05) is 19.4 Å². The maximum Gasteiger partial charge on any atom is 0.248 e. The third-order valence-electron chi connectivity index (χ3n) is 4.30. The van der Waals surface area contributed by atoms with E-state index in [1.807, 2.05) is 0 Å². The molecule has 2 rings (SSSR count). The number of nitrogens with two attached hydrogens (primary N) is 1. The van der Waals surface area contributed by atoms with Gasteiger partial charge in [-0.25, -0.2) is 8.78 Å². The highest BCUT2D eigenvalue weighted by atomic mass is 19.3. The van der Waals surface area contributed by atoms with Crippen LogP contribution in [0.4, 0.5) is 8.78 Å². The van der Waals surface area contributed by atoms with E-state index in [0.29, 0.717) is 12.3 Å². The number of halogens is 2. The van der Waals surface area contributed by atoms with Gasteiger partial charge in [0.15, 0.2) is 0 Å². The maximum absolute atomic E-state index is 13.3. The molecule has 1 heterocycles. The third-order valence-corrected chi connectivity index (χ3v) is 4.30. The highest BCUT2D eigenvalue weighted by molar-refractivity contribution is 4.82. The Morgan fingerprint density at radius 3 is 2.41 bits per heavy atom. The Morgan fingerprint density at radius 2 is 1.82 bits per heavy atom. The summed E-state index contributed by atoms with van der Waals surface area (Å²) in [6, 6.07) is 0. The number of piperidine rings is 1. The molecule has 2 N–H and O–H groups in total. The van der Waals surface area contributed by atoms with Gasteiger partial charge in [0.1, 0.15) is 0 Å². The molecule has 17 heavy (non-hydrogen) atoms. The summed E-state index contributed by atoms with van der Waals surface area (Å²) in [5, 5.41) is 0. The molecule has 1 unspecified atom stereocenters. The molecule has 100 valence electrons. The van der Waals surface area contributed by atoms with Crippen molar-refractivity contribution in [2.75, 3.05) is 26.2 Å². The van der Waals surface area contributed by atoms with Crippen molar-refractivity contribution in [3.8, 4) is 0 Å². The van der Waals surface area contributed by atoms with E-state index in [1.165, 1.54) is 0 Å². The molecule has 1 atom stereocenters. The molecule has 0 aromatic heterocycles. The zero-order valence-corrected chi connectivity index (χ0v) is 10.5. The van der Waals surface area contributed by atoms with Gasteiger partial charge in [-0.3, -0.25) is 0 Å². The van der Waals surface area contributed by atoms with Crippen LogP contribution in [0.15, 0.2) is 0 Å². The normalized spacial score (nSPS) is 31.6. The van der Waals surface area contributed by atoms with E-state index in [-0.39, 0.29) is 18.8 Å². The summed E-state index contributed by atoms with van der Waals surface area (Å²) in [7, 11) is 0. The van der Waals surface area contributed by atoms with Crippen LogP contribution >= 0.6 is 0 Å².